The predicted octanol–water partition coefficient (Wildman–Crippen LogP) is 4.32. The van der Waals surface area contributed by atoms with Crippen molar-refractivity contribution in [2.75, 3.05) is 26.1 Å². The molecule has 3 aromatic rings. The summed E-state index contributed by atoms with van der Waals surface area (Å²) in [7, 11) is 0.619. The fourth-order valence-electron chi connectivity index (χ4n) is 3.84. The van der Waals surface area contributed by atoms with Gasteiger partial charge in [0.1, 0.15) is 11.6 Å². The van der Waals surface area contributed by atoms with E-state index >= 15 is 0 Å². The van der Waals surface area contributed by atoms with Gasteiger partial charge in [0, 0.05) is 32.2 Å². The zero-order valence-corrected chi connectivity index (χ0v) is 19.8. The first kappa shape index (κ1) is 24.1. The van der Waals surface area contributed by atoms with E-state index in [0.29, 0.717) is 24.3 Å². The van der Waals surface area contributed by atoms with Crippen molar-refractivity contribution in [3.8, 4) is 11.4 Å². The molecule has 34 heavy (non-hydrogen) atoms. The number of rotatable bonds is 8. The number of halogens is 3. The summed E-state index contributed by atoms with van der Waals surface area (Å²) in [6.07, 6.45) is -3.60. The van der Waals surface area contributed by atoms with Crippen LogP contribution in [-0.2, 0) is 22.7 Å². The summed E-state index contributed by atoms with van der Waals surface area (Å²) >= 11 is 0. The normalized spacial score (nSPS) is 14.4. The summed E-state index contributed by atoms with van der Waals surface area (Å²) < 4.78 is 76.8. The van der Waals surface area contributed by atoms with Crippen molar-refractivity contribution in [2.24, 2.45) is 0 Å². The van der Waals surface area contributed by atoms with Gasteiger partial charge >= 0.3 is 6.18 Å². The Kier molecular flexibility index (Phi) is 6.34. The van der Waals surface area contributed by atoms with Crippen molar-refractivity contribution in [3.05, 3.63) is 65.9 Å². The molecule has 182 valence electrons. The molecule has 0 amide bonds. The van der Waals surface area contributed by atoms with E-state index in [9.17, 15) is 21.6 Å². The van der Waals surface area contributed by atoms with E-state index in [0.717, 1.165) is 4.31 Å². The lowest BCUT2D eigenvalue weighted by molar-refractivity contribution is -0.142. The molecule has 1 aliphatic carbocycles. The number of para-hydroxylation sites is 1. The van der Waals surface area contributed by atoms with Crippen LogP contribution < -0.4 is 9.64 Å². The molecular formula is C23H25F3N4O3S. The van der Waals surface area contributed by atoms with E-state index in [-0.39, 0.29) is 22.3 Å². The molecule has 0 spiro atoms. The summed E-state index contributed by atoms with van der Waals surface area (Å²) in [5.74, 6) is 0.657. The summed E-state index contributed by atoms with van der Waals surface area (Å²) in [6.45, 7) is -0.450. The highest BCUT2D eigenvalue weighted by molar-refractivity contribution is 7.89. The minimum atomic E-state index is -4.76. The van der Waals surface area contributed by atoms with Gasteiger partial charge < -0.3 is 9.64 Å². The van der Waals surface area contributed by atoms with Crippen LogP contribution in [0.25, 0.3) is 5.69 Å². The van der Waals surface area contributed by atoms with Crippen molar-refractivity contribution in [1.82, 2.24) is 14.1 Å². The maximum atomic E-state index is 14.1. The van der Waals surface area contributed by atoms with Crippen LogP contribution in [0.5, 0.6) is 5.75 Å². The fraction of sp³-hybridized carbons (Fsp3) is 0.348. The van der Waals surface area contributed by atoms with Crippen molar-refractivity contribution >= 4 is 15.8 Å². The second-order valence-corrected chi connectivity index (χ2v) is 10.1. The predicted molar refractivity (Wildman–Crippen MR) is 122 cm³/mol. The number of sulfonamides is 1. The Labute approximate surface area is 196 Å². The molecule has 0 radical (unpaired) electrons. The quantitative estimate of drug-likeness (QED) is 0.467. The van der Waals surface area contributed by atoms with Gasteiger partial charge in [0.2, 0.25) is 10.0 Å². The maximum absolute atomic E-state index is 14.1. The first-order valence-electron chi connectivity index (χ1n) is 10.6. The van der Waals surface area contributed by atoms with Gasteiger partial charge in [-0.1, -0.05) is 18.2 Å². The summed E-state index contributed by atoms with van der Waals surface area (Å²) in [6, 6.07) is 13.9. The van der Waals surface area contributed by atoms with Gasteiger partial charge in [0.15, 0.2) is 5.69 Å². The molecule has 0 saturated heterocycles. The zero-order chi connectivity index (χ0) is 24.7. The highest BCUT2D eigenvalue weighted by atomic mass is 32.2. The number of hydrogen-bond acceptors (Lipinski definition) is 5. The average Bonchev–Trinajstić information content (AvgIpc) is 3.55. The van der Waals surface area contributed by atoms with Crippen molar-refractivity contribution in [3.63, 3.8) is 0 Å². The third kappa shape index (κ3) is 4.62. The van der Waals surface area contributed by atoms with Crippen LogP contribution >= 0.6 is 0 Å². The number of nitrogens with zero attached hydrogens (tertiary/aromatic N) is 4. The number of alkyl halides is 3. The van der Waals surface area contributed by atoms with E-state index in [1.54, 1.807) is 44.4 Å². The Hall–Kier alpha value is -3.05. The lowest BCUT2D eigenvalue weighted by Crippen LogP contribution is -2.34. The molecule has 0 unspecified atom stereocenters. The molecule has 0 bridgehead atoms. The second-order valence-electron chi connectivity index (χ2n) is 8.25. The summed E-state index contributed by atoms with van der Waals surface area (Å²) in [5, 5.41) is 3.90. The topological polar surface area (TPSA) is 67.7 Å². The van der Waals surface area contributed by atoms with Gasteiger partial charge in [-0.15, -0.1) is 0 Å². The Balaban J connectivity index is 1.84. The highest BCUT2D eigenvalue weighted by Gasteiger charge is 2.44. The first-order chi connectivity index (χ1) is 16.0. The zero-order valence-electron chi connectivity index (χ0n) is 19.0. The highest BCUT2D eigenvalue weighted by Crippen LogP contribution is 2.41. The molecule has 0 N–H and O–H groups in total. The van der Waals surface area contributed by atoms with Gasteiger partial charge in [-0.05, 0) is 49.2 Å². The van der Waals surface area contributed by atoms with Crippen LogP contribution in [0, 0.1) is 0 Å². The lowest BCUT2D eigenvalue weighted by Gasteiger charge is -2.24. The van der Waals surface area contributed by atoms with Gasteiger partial charge in [0.05, 0.1) is 17.7 Å². The Morgan fingerprint density at radius 3 is 2.18 bits per heavy atom. The molecule has 2 aromatic carbocycles. The molecular weight excluding hydrogens is 469 g/mol. The molecule has 1 aliphatic rings. The number of methoxy groups -OCH3 is 1. The summed E-state index contributed by atoms with van der Waals surface area (Å²) in [5.41, 5.74) is -0.847. The number of benzene rings is 2. The van der Waals surface area contributed by atoms with Crippen molar-refractivity contribution < 1.29 is 26.3 Å². The van der Waals surface area contributed by atoms with Crippen LogP contribution in [0.2, 0.25) is 0 Å². The Morgan fingerprint density at radius 1 is 1.06 bits per heavy atom. The molecule has 0 atom stereocenters. The van der Waals surface area contributed by atoms with Crippen LogP contribution in [0.15, 0.2) is 59.5 Å². The van der Waals surface area contributed by atoms with Gasteiger partial charge in [-0.2, -0.15) is 22.6 Å². The largest absolute Gasteiger partial charge is 0.497 e. The van der Waals surface area contributed by atoms with Crippen LogP contribution in [0.4, 0.5) is 19.0 Å². The number of aromatic nitrogens is 2. The third-order valence-electron chi connectivity index (χ3n) is 5.58. The molecule has 1 aromatic heterocycles. The summed E-state index contributed by atoms with van der Waals surface area (Å²) in [4.78, 5) is 1.52. The molecule has 1 saturated carbocycles. The molecule has 1 heterocycles. The SMILES string of the molecule is COc1ccc(S(=O)(=O)N(Cc2c(C(F)(F)F)nn(-c3ccccc3)c2N(C)C)C2CC2)cc1. The van der Waals surface area contributed by atoms with Crippen LogP contribution in [0.1, 0.15) is 24.1 Å². The number of anilines is 1. The van der Waals surface area contributed by atoms with E-state index in [1.165, 1.54) is 41.0 Å². The van der Waals surface area contributed by atoms with E-state index in [2.05, 4.69) is 5.10 Å². The third-order valence-corrected chi connectivity index (χ3v) is 7.50. The maximum Gasteiger partial charge on any atom is 0.435 e. The average molecular weight is 495 g/mol. The fourth-order valence-corrected chi connectivity index (χ4v) is 5.49. The van der Waals surface area contributed by atoms with Crippen molar-refractivity contribution in [2.45, 2.75) is 36.5 Å². The lowest BCUT2D eigenvalue weighted by atomic mass is 10.2. The number of hydrogen-bond donors (Lipinski definition) is 0. The minimum absolute atomic E-state index is 0.00406. The smallest absolute Gasteiger partial charge is 0.435 e. The van der Waals surface area contributed by atoms with Gasteiger partial charge in [-0.3, -0.25) is 0 Å². The molecule has 0 aliphatic heterocycles. The minimum Gasteiger partial charge on any atom is -0.497 e. The molecule has 11 heteroatoms. The van der Waals surface area contributed by atoms with E-state index in [1.807, 2.05) is 0 Å². The molecule has 4 rings (SSSR count). The van der Waals surface area contributed by atoms with E-state index < -0.39 is 28.4 Å². The first-order valence-corrected chi connectivity index (χ1v) is 12.1. The Morgan fingerprint density at radius 2 is 1.68 bits per heavy atom. The van der Waals surface area contributed by atoms with Gasteiger partial charge in [0.25, 0.3) is 0 Å². The molecule has 7 nitrogen and oxygen atoms in total. The van der Waals surface area contributed by atoms with E-state index in [4.69, 9.17) is 4.74 Å². The number of ether oxygens (including phenoxy) is 1. The standard InChI is InChI=1S/C23H25F3N4O3S/c1-28(2)22-20(21(23(24,25)26)27-30(22)17-7-5-4-6-8-17)15-29(16-9-10-16)34(31,32)19-13-11-18(33-3)12-14-19/h4-8,11-14,16H,9-10,15H2,1-3H3. The van der Waals surface area contributed by atoms with Gasteiger partial charge in [-0.25, -0.2) is 13.1 Å². The molecule has 1 fully saturated rings. The Bertz CT molecular complexity index is 1250. The monoisotopic (exact) mass is 494 g/mol. The van der Waals surface area contributed by atoms with Crippen LogP contribution in [-0.4, -0.2) is 49.8 Å². The second kappa shape index (κ2) is 8.95. The van der Waals surface area contributed by atoms with Crippen LogP contribution in [0.3, 0.4) is 0 Å². The van der Waals surface area contributed by atoms with Crippen molar-refractivity contribution in [1.29, 1.82) is 0 Å².